The molecule has 42 valence electrons. The summed E-state index contributed by atoms with van der Waals surface area (Å²) in [6.07, 6.45) is 0. The zero-order chi connectivity index (χ0) is 5.70. The van der Waals surface area contributed by atoms with E-state index in [1.54, 1.807) is 0 Å². The Kier molecular flexibility index (Phi) is 3.32. The Bertz CT molecular complexity index is 62.7. The van der Waals surface area contributed by atoms with Gasteiger partial charge in [-0.2, -0.15) is 0 Å². The Balaban J connectivity index is 2.82. The summed E-state index contributed by atoms with van der Waals surface area (Å²) in [6.45, 7) is 3.00. The Morgan fingerprint density at radius 2 is 2.43 bits per heavy atom. The average Bonchev–Trinajstić information content (AvgIpc) is 1.61. The lowest BCUT2D eigenvalue weighted by Gasteiger charge is -1.91. The van der Waals surface area contributed by atoms with Crippen molar-refractivity contribution in [2.45, 2.75) is 6.92 Å². The minimum Gasteiger partial charge on any atom is -0.369 e. The number of rotatable bonds is 3. The van der Waals surface area contributed by atoms with E-state index in [1.807, 2.05) is 6.92 Å². The average molecular weight is 102 g/mol. The van der Waals surface area contributed by atoms with Gasteiger partial charge in [0.1, 0.15) is 0 Å². The first-order valence-corrected chi connectivity index (χ1v) is 2.26. The minimum absolute atomic E-state index is 0.288. The van der Waals surface area contributed by atoms with Crippen LogP contribution in [0.4, 0.5) is 0 Å². The Morgan fingerprint density at radius 1 is 1.86 bits per heavy atom. The molecule has 3 N–H and O–H groups in total. The van der Waals surface area contributed by atoms with Crippen LogP contribution in [0.2, 0.25) is 0 Å². The summed E-state index contributed by atoms with van der Waals surface area (Å²) >= 11 is 0. The quantitative estimate of drug-likeness (QED) is 0.484. The molecule has 0 saturated heterocycles. The molecule has 3 heteroatoms. The summed E-state index contributed by atoms with van der Waals surface area (Å²) in [4.78, 5) is 9.92. The van der Waals surface area contributed by atoms with Crippen molar-refractivity contribution < 1.29 is 4.79 Å². The van der Waals surface area contributed by atoms with Crippen LogP contribution in [0.15, 0.2) is 0 Å². The highest BCUT2D eigenvalue weighted by Crippen LogP contribution is 1.52. The molecule has 0 heterocycles. The second-order valence-electron chi connectivity index (χ2n) is 1.25. The fraction of sp³-hybridized carbons (Fsp3) is 0.750. The number of hydrogen-bond acceptors (Lipinski definition) is 2. The molecule has 0 aliphatic heterocycles. The number of hydrogen-bond donors (Lipinski definition) is 2. The van der Waals surface area contributed by atoms with Crippen LogP contribution < -0.4 is 11.1 Å². The van der Waals surface area contributed by atoms with Crippen molar-refractivity contribution in [1.82, 2.24) is 5.32 Å². The number of primary amides is 1. The highest BCUT2D eigenvalue weighted by atomic mass is 16.1. The summed E-state index contributed by atoms with van der Waals surface area (Å²) in [7, 11) is 0. The number of nitrogens with two attached hydrogens (primary N) is 1. The van der Waals surface area contributed by atoms with E-state index in [0.29, 0.717) is 0 Å². The number of likely N-dealkylation sites (N-methyl/N-ethyl adjacent to an activating group) is 1. The minimum atomic E-state index is -0.304. The number of nitrogens with one attached hydrogen (secondary N) is 1. The van der Waals surface area contributed by atoms with E-state index in [9.17, 15) is 4.79 Å². The fourth-order valence-corrected chi connectivity index (χ4v) is 0.248. The molecule has 0 aromatic rings. The van der Waals surface area contributed by atoms with E-state index in [2.05, 4.69) is 5.32 Å². The number of carbonyl (C=O) groups excluding carboxylic acids is 1. The topological polar surface area (TPSA) is 55.1 Å². The first kappa shape index (κ1) is 6.43. The van der Waals surface area contributed by atoms with Crippen LogP contribution in [0.25, 0.3) is 0 Å². The van der Waals surface area contributed by atoms with Gasteiger partial charge >= 0.3 is 0 Å². The van der Waals surface area contributed by atoms with Gasteiger partial charge in [0.05, 0.1) is 6.54 Å². The molecule has 0 spiro atoms. The lowest BCUT2D eigenvalue weighted by atomic mass is 10.6. The molecule has 0 aliphatic carbocycles. The maximum atomic E-state index is 9.92. The molecule has 0 radical (unpaired) electrons. The molecule has 0 unspecified atom stereocenters. The summed E-state index contributed by atoms with van der Waals surface area (Å²) in [5.41, 5.74) is 4.78. The van der Waals surface area contributed by atoms with Crippen molar-refractivity contribution in [3.05, 3.63) is 0 Å². The Labute approximate surface area is 42.9 Å². The van der Waals surface area contributed by atoms with E-state index < -0.39 is 0 Å². The zero-order valence-electron chi connectivity index (χ0n) is 4.40. The van der Waals surface area contributed by atoms with Crippen molar-refractivity contribution in [2.24, 2.45) is 5.73 Å². The molecule has 0 saturated carbocycles. The van der Waals surface area contributed by atoms with E-state index in [-0.39, 0.29) is 12.5 Å². The Hall–Kier alpha value is -0.570. The van der Waals surface area contributed by atoms with Crippen molar-refractivity contribution >= 4 is 5.91 Å². The molecule has 0 aromatic heterocycles. The van der Waals surface area contributed by atoms with Crippen LogP contribution in [0.5, 0.6) is 0 Å². The van der Waals surface area contributed by atoms with Crippen molar-refractivity contribution in [2.75, 3.05) is 13.1 Å². The molecule has 0 atom stereocenters. The molecule has 0 aromatic carbocycles. The van der Waals surface area contributed by atoms with Crippen LogP contribution in [-0.2, 0) is 4.79 Å². The number of amides is 1. The standard InChI is InChI=1S/C4H10N2O/c1-2-6-3-4(5)7/h6H,2-3H2,1H3,(H2,5,7). The van der Waals surface area contributed by atoms with Gasteiger partial charge in [0, 0.05) is 0 Å². The molecular formula is C4H10N2O. The van der Waals surface area contributed by atoms with Gasteiger partial charge in [-0.25, -0.2) is 0 Å². The van der Waals surface area contributed by atoms with Gasteiger partial charge in [0.15, 0.2) is 0 Å². The third-order valence-electron chi connectivity index (χ3n) is 0.549. The second-order valence-corrected chi connectivity index (χ2v) is 1.25. The molecule has 0 aliphatic rings. The summed E-state index contributed by atoms with van der Waals surface area (Å²) in [6, 6.07) is 0. The van der Waals surface area contributed by atoms with Crippen LogP contribution in [0.3, 0.4) is 0 Å². The third-order valence-corrected chi connectivity index (χ3v) is 0.549. The van der Waals surface area contributed by atoms with Crippen molar-refractivity contribution in [3.8, 4) is 0 Å². The van der Waals surface area contributed by atoms with Gasteiger partial charge in [0.2, 0.25) is 5.91 Å². The molecular weight excluding hydrogens is 92.1 g/mol. The maximum Gasteiger partial charge on any atom is 0.231 e. The van der Waals surface area contributed by atoms with Gasteiger partial charge in [0.25, 0.3) is 0 Å². The summed E-state index contributed by atoms with van der Waals surface area (Å²) in [5, 5.41) is 2.77. The first-order valence-electron chi connectivity index (χ1n) is 2.26. The van der Waals surface area contributed by atoms with Gasteiger partial charge in [-0.1, -0.05) is 6.92 Å². The molecule has 0 fully saturated rings. The zero-order valence-corrected chi connectivity index (χ0v) is 4.40. The number of carbonyl (C=O) groups is 1. The lowest BCUT2D eigenvalue weighted by molar-refractivity contribution is -0.117. The second kappa shape index (κ2) is 3.61. The van der Waals surface area contributed by atoms with Gasteiger partial charge in [-0.05, 0) is 6.54 Å². The smallest absolute Gasteiger partial charge is 0.231 e. The van der Waals surface area contributed by atoms with Crippen LogP contribution in [0, 0.1) is 0 Å². The molecule has 0 bridgehead atoms. The third kappa shape index (κ3) is 5.43. The highest BCUT2D eigenvalue weighted by Gasteiger charge is 1.86. The maximum absolute atomic E-state index is 9.92. The fourth-order valence-electron chi connectivity index (χ4n) is 0.248. The monoisotopic (exact) mass is 102 g/mol. The van der Waals surface area contributed by atoms with Crippen molar-refractivity contribution in [1.29, 1.82) is 0 Å². The molecule has 0 rings (SSSR count). The normalized spacial score (nSPS) is 8.71. The largest absolute Gasteiger partial charge is 0.369 e. The molecule has 3 nitrogen and oxygen atoms in total. The van der Waals surface area contributed by atoms with E-state index in [0.717, 1.165) is 6.54 Å². The predicted molar refractivity (Wildman–Crippen MR) is 27.7 cm³/mol. The van der Waals surface area contributed by atoms with Gasteiger partial charge in [-0.3, -0.25) is 4.79 Å². The summed E-state index contributed by atoms with van der Waals surface area (Å²) in [5.74, 6) is -0.304. The predicted octanol–water partition coefficient (Wildman–Crippen LogP) is -0.919. The highest BCUT2D eigenvalue weighted by molar-refractivity contribution is 5.75. The van der Waals surface area contributed by atoms with E-state index in [4.69, 9.17) is 5.73 Å². The van der Waals surface area contributed by atoms with Crippen LogP contribution >= 0.6 is 0 Å². The Morgan fingerprint density at radius 3 is 2.57 bits per heavy atom. The van der Waals surface area contributed by atoms with E-state index >= 15 is 0 Å². The van der Waals surface area contributed by atoms with Gasteiger partial charge < -0.3 is 11.1 Å². The van der Waals surface area contributed by atoms with Gasteiger partial charge in [-0.15, -0.1) is 0 Å². The first-order chi connectivity index (χ1) is 3.27. The van der Waals surface area contributed by atoms with Crippen molar-refractivity contribution in [3.63, 3.8) is 0 Å². The van der Waals surface area contributed by atoms with Crippen LogP contribution in [0.1, 0.15) is 6.92 Å². The van der Waals surface area contributed by atoms with E-state index in [1.165, 1.54) is 0 Å². The molecule has 7 heavy (non-hydrogen) atoms. The SMILES string of the molecule is CCNCC(N)=O. The summed E-state index contributed by atoms with van der Waals surface area (Å²) < 4.78 is 0. The molecule has 1 amide bonds. The van der Waals surface area contributed by atoms with Crippen LogP contribution in [-0.4, -0.2) is 19.0 Å². The lowest BCUT2D eigenvalue weighted by Crippen LogP contribution is -2.28.